The number of nitrogens with zero attached hydrogens (tertiary/aromatic N) is 12. The summed E-state index contributed by atoms with van der Waals surface area (Å²) in [5, 5.41) is 21.1. The van der Waals surface area contributed by atoms with Crippen molar-refractivity contribution in [2.75, 3.05) is 70.8 Å². The van der Waals surface area contributed by atoms with Crippen molar-refractivity contribution in [1.29, 1.82) is 0 Å². The number of hydrogen-bond acceptors (Lipinski definition) is 21. The first kappa shape index (κ1) is 77.4. The Morgan fingerprint density at radius 2 is 1.13 bits per heavy atom. The third-order valence-electron chi connectivity index (χ3n) is 19.2. The quantitative estimate of drug-likeness (QED) is 0.0238. The largest absolute Gasteiger partial charge is 0.478 e. The molecule has 1 saturated heterocycles. The molecule has 1 aliphatic heterocycles. The van der Waals surface area contributed by atoms with Crippen LogP contribution in [-0.2, 0) is 41.7 Å². The van der Waals surface area contributed by atoms with E-state index in [1.165, 1.54) is 59.6 Å². The Labute approximate surface area is 660 Å². The summed E-state index contributed by atoms with van der Waals surface area (Å²) >= 11 is 12.3. The number of anilines is 8. The van der Waals surface area contributed by atoms with E-state index < -0.39 is 5.97 Å². The lowest BCUT2D eigenvalue weighted by molar-refractivity contribution is -0.131. The van der Waals surface area contributed by atoms with Crippen LogP contribution in [0.3, 0.4) is 0 Å². The summed E-state index contributed by atoms with van der Waals surface area (Å²) in [4.78, 5) is 71.4. The highest BCUT2D eigenvalue weighted by molar-refractivity contribution is 6.34. The van der Waals surface area contributed by atoms with Crippen molar-refractivity contribution in [2.24, 2.45) is 5.92 Å². The smallest absolute Gasteiger partial charge is 0.328 e. The molecule has 568 valence electrons. The van der Waals surface area contributed by atoms with Gasteiger partial charge in [0.2, 0.25) is 35.6 Å². The minimum atomic E-state index is -0.967. The summed E-state index contributed by atoms with van der Waals surface area (Å²) in [5.41, 5.74) is 49.4. The number of nitrogens with two attached hydrogens (primary N) is 5. The molecular weight excluding hydrogens is 1440 g/mol. The van der Waals surface area contributed by atoms with E-state index in [1.54, 1.807) is 6.20 Å². The van der Waals surface area contributed by atoms with E-state index >= 15 is 0 Å². The molecule has 7 heterocycles. The zero-order chi connectivity index (χ0) is 78.0. The van der Waals surface area contributed by atoms with Crippen LogP contribution in [0.1, 0.15) is 102 Å². The van der Waals surface area contributed by atoms with Gasteiger partial charge in [-0.25, -0.2) is 39.7 Å². The first-order valence-electron chi connectivity index (χ1n) is 37.6. The fraction of sp³-hybridized carbons (Fsp3) is 0.230. The molecule has 0 spiro atoms. The molecule has 6 aromatic heterocycles. The maximum Gasteiger partial charge on any atom is 0.328 e. The van der Waals surface area contributed by atoms with Gasteiger partial charge >= 0.3 is 5.97 Å². The van der Waals surface area contributed by atoms with Crippen molar-refractivity contribution in [3.05, 3.63) is 249 Å². The minimum absolute atomic E-state index is 0.201. The number of halogens is 2. The van der Waals surface area contributed by atoms with E-state index in [2.05, 4.69) is 150 Å². The Morgan fingerprint density at radius 3 is 1.75 bits per heavy atom. The second-order valence-electron chi connectivity index (χ2n) is 27.8. The lowest BCUT2D eigenvalue weighted by Gasteiger charge is -2.15. The molecule has 0 atom stereocenters. The van der Waals surface area contributed by atoms with Gasteiger partial charge in [-0.05, 0) is 165 Å². The van der Waals surface area contributed by atoms with Crippen LogP contribution in [0.2, 0.25) is 10.0 Å². The van der Waals surface area contributed by atoms with Crippen molar-refractivity contribution in [2.45, 2.75) is 96.9 Å². The molecule has 12 aromatic rings. The van der Waals surface area contributed by atoms with Gasteiger partial charge in [-0.1, -0.05) is 164 Å². The molecule has 3 fully saturated rings. The van der Waals surface area contributed by atoms with Gasteiger partial charge in [-0.15, -0.1) is 0 Å². The number of benzene rings is 6. The zero-order valence-corrected chi connectivity index (χ0v) is 63.9. The SMILES string of the molecule is CCc1cc(-c2ccc(/C=C/C(=O)O)cc2)nc(N)n1.Cc1cccc(-c2cc(NCCCN3CCCC3=O)nc(N)n2)c1Cl.Nc1nc(CC2CC2)cc(-c2cccc3ncccc23)n1.Nc1nc(NC2CC2)cc(-c2cccc3c2C=CC3)n1.Nc1nc(NCCc2ccc(Cl)cc2)cc(-c2cccc3c2C=CC3)n1. The highest BCUT2D eigenvalue weighted by Gasteiger charge is 2.25. The molecule has 1 amide bonds. The Balaban J connectivity index is 0.000000123. The van der Waals surface area contributed by atoms with Crippen LogP contribution in [0.4, 0.5) is 47.2 Å². The number of hydrogen-bond donors (Lipinski definition) is 9. The van der Waals surface area contributed by atoms with E-state index in [4.69, 9.17) is 57.0 Å². The van der Waals surface area contributed by atoms with E-state index in [0.29, 0.717) is 47.4 Å². The maximum atomic E-state index is 11.6. The average molecular weight is 1530 g/mol. The number of carbonyl (C=O) groups excluding carboxylic acids is 1. The van der Waals surface area contributed by atoms with Gasteiger partial charge in [0.05, 0.1) is 39.0 Å². The van der Waals surface area contributed by atoms with E-state index in [9.17, 15) is 9.59 Å². The van der Waals surface area contributed by atoms with Crippen LogP contribution in [0.25, 0.3) is 85.4 Å². The first-order valence-corrected chi connectivity index (χ1v) is 38.3. The van der Waals surface area contributed by atoms with E-state index in [0.717, 1.165) is 177 Å². The second kappa shape index (κ2) is 36.7. The predicted molar refractivity (Wildman–Crippen MR) is 452 cm³/mol. The minimum Gasteiger partial charge on any atom is -0.478 e. The van der Waals surface area contributed by atoms with Crippen LogP contribution < -0.4 is 44.6 Å². The second-order valence-corrected chi connectivity index (χ2v) is 28.6. The number of likely N-dealkylation sites (tertiary alicyclic amines) is 1. The van der Waals surface area contributed by atoms with Crippen molar-refractivity contribution >= 4 is 111 Å². The number of carbonyl (C=O) groups is 2. The Bertz CT molecular complexity index is 5460. The van der Waals surface area contributed by atoms with Crippen LogP contribution in [-0.4, -0.2) is 109 Å². The number of nitrogens with one attached hydrogen (secondary N) is 3. The normalized spacial score (nSPS) is 13.5. The summed E-state index contributed by atoms with van der Waals surface area (Å²) in [6, 6.07) is 54.1. The fourth-order valence-corrected chi connectivity index (χ4v) is 13.6. The van der Waals surface area contributed by atoms with Gasteiger partial charge in [0.25, 0.3) is 0 Å². The first-order chi connectivity index (χ1) is 54.4. The summed E-state index contributed by atoms with van der Waals surface area (Å²) in [7, 11) is 0. The van der Waals surface area contributed by atoms with Crippen molar-refractivity contribution < 1.29 is 14.7 Å². The number of rotatable bonds is 21. The van der Waals surface area contributed by atoms with Crippen LogP contribution >= 0.6 is 23.2 Å². The van der Waals surface area contributed by atoms with Crippen LogP contribution in [0.5, 0.6) is 0 Å². The topological polar surface area (TPSA) is 366 Å². The van der Waals surface area contributed by atoms with Crippen molar-refractivity contribution in [3.8, 4) is 56.3 Å². The number of carboxylic acid groups (broad SMARTS) is 1. The highest BCUT2D eigenvalue weighted by Crippen LogP contribution is 2.37. The molecule has 5 aliphatic rings. The summed E-state index contributed by atoms with van der Waals surface area (Å²) in [6.45, 7) is 7.06. The monoisotopic (exact) mass is 1530 g/mol. The number of fused-ring (bicyclic) bond motifs is 3. The molecular formula is C87H88Cl2N20O3. The molecule has 0 radical (unpaired) electrons. The number of allylic oxidation sites excluding steroid dienone is 2. The number of pyridine rings is 1. The number of aromatic nitrogens is 11. The lowest BCUT2D eigenvalue weighted by Crippen LogP contribution is -2.27. The van der Waals surface area contributed by atoms with Crippen LogP contribution in [0.15, 0.2) is 188 Å². The molecule has 2 saturated carbocycles. The highest BCUT2D eigenvalue weighted by atomic mass is 35.5. The summed E-state index contributed by atoms with van der Waals surface area (Å²) < 4.78 is 0. The predicted octanol–water partition coefficient (Wildman–Crippen LogP) is 16.2. The molecule has 23 nitrogen and oxygen atoms in total. The molecule has 14 N–H and O–H groups in total. The lowest BCUT2D eigenvalue weighted by atomic mass is 10.0. The summed E-state index contributed by atoms with van der Waals surface area (Å²) in [6.07, 6.45) is 25.3. The van der Waals surface area contributed by atoms with Gasteiger partial charge in [0, 0.05) is 119 Å². The molecule has 0 bridgehead atoms. The maximum absolute atomic E-state index is 11.6. The fourth-order valence-electron chi connectivity index (χ4n) is 13.3. The van der Waals surface area contributed by atoms with Crippen molar-refractivity contribution in [3.63, 3.8) is 0 Å². The van der Waals surface area contributed by atoms with Gasteiger partial charge in [0.15, 0.2) is 0 Å². The Morgan fingerprint density at radius 1 is 0.580 bits per heavy atom. The van der Waals surface area contributed by atoms with E-state index in [-0.39, 0.29) is 23.8 Å². The van der Waals surface area contributed by atoms with Crippen LogP contribution in [0, 0.1) is 12.8 Å². The Kier molecular flexibility index (Phi) is 25.3. The third-order valence-corrected chi connectivity index (χ3v) is 20.0. The number of nitrogen functional groups attached to an aromatic ring is 5. The third kappa shape index (κ3) is 21.2. The molecule has 4 aliphatic carbocycles. The van der Waals surface area contributed by atoms with Crippen molar-refractivity contribution in [1.82, 2.24) is 59.7 Å². The number of aliphatic carboxylic acids is 1. The average Bonchev–Trinajstić information content (AvgIpc) is 1.41. The molecule has 17 rings (SSSR count). The van der Waals surface area contributed by atoms with Gasteiger partial charge in [0.1, 0.15) is 17.5 Å². The molecule has 6 aromatic carbocycles. The number of carboxylic acids is 1. The van der Waals surface area contributed by atoms with Gasteiger partial charge in [-0.3, -0.25) is 9.78 Å². The molecule has 0 unspecified atom stereocenters. The Hall–Kier alpha value is -12.7. The summed E-state index contributed by atoms with van der Waals surface area (Å²) in [5.74, 6) is 3.70. The van der Waals surface area contributed by atoms with E-state index in [1.807, 2.05) is 128 Å². The van der Waals surface area contributed by atoms with Gasteiger partial charge < -0.3 is 54.6 Å². The number of amides is 1. The standard InChI is InChI=1S/C21H19ClN4.C18H22ClN5O.C17H16N4.C16H16N4.C15H15N3O2/c22-16-9-7-14(8-10-16)11-12-24-20-13-19(25-21(23)26-20)18-6-2-4-15-3-1-5-17(15)18;1-12-5-2-6-13(17(12)19)14-11-15(23-18(20)22-14)21-8-4-10-24-9-3-7-16(24)25;18-17-20-12(9-11-6-7-11)10-16(21-17)14-3-1-5-15-13(14)4-2-8-19-15;17-16-19-14(9-15(20-16)18-11-7-8-11)13-6-2-4-10-3-1-5-12(10)13;1-2-12-9-13(18-15(16)17-12)11-6-3-10(4-7-11)5-8-14(19)20/h1-2,4-10,13H,3,11-12H2,(H3,23,24,25,26);2,5-6,11H,3-4,7-10H2,1H3,(H3,20,21,22,23);1-5,8,10-11H,6-7,9H2,(H2,18,20,21);1-2,4-6,9,11H,3,7-8H2,(H3,17,18,19,20);3-9H,2H2,1H3,(H,19,20)(H2,16,17,18)/b;;;;8-5+. The molecule has 112 heavy (non-hydrogen) atoms. The molecule has 25 heteroatoms. The zero-order valence-electron chi connectivity index (χ0n) is 62.4. The number of aryl methyl sites for hydroxylation is 2. The van der Waals surface area contributed by atoms with Gasteiger partial charge in [-0.2, -0.15) is 15.0 Å².